The fourth-order valence-corrected chi connectivity index (χ4v) is 4.32. The van der Waals surface area contributed by atoms with Gasteiger partial charge in [-0.1, -0.05) is 84.3 Å². The zero-order valence-electron chi connectivity index (χ0n) is 22.4. The number of carbonyl (C=O) groups is 2. The normalized spacial score (nSPS) is 19.1. The molecule has 1 rings (SSSR count). The maximum absolute atomic E-state index is 12.0. The first-order valence-electron chi connectivity index (χ1n) is 13.3. The van der Waals surface area contributed by atoms with Gasteiger partial charge < -0.3 is 24.8 Å². The first-order chi connectivity index (χ1) is 16.5. The van der Waals surface area contributed by atoms with Crippen molar-refractivity contribution in [2.45, 2.75) is 117 Å². The molecule has 1 aliphatic rings. The molecule has 7 heteroatoms. The monoisotopic (exact) mass is 496 g/mol. The third-order valence-electron chi connectivity index (χ3n) is 6.66. The molecule has 0 fully saturated rings. The van der Waals surface area contributed by atoms with Crippen LogP contribution >= 0.6 is 0 Å². The molecule has 202 valence electrons. The second-order valence-electron chi connectivity index (χ2n) is 10.7. The molecule has 0 aliphatic carbocycles. The van der Waals surface area contributed by atoms with E-state index in [2.05, 4.69) is 34.6 Å². The molecule has 0 radical (unpaired) electrons. The fraction of sp³-hybridized carbons (Fsp3) is 0.786. The number of cyclic esters (lactones) is 1. The number of esters is 2. The predicted molar refractivity (Wildman–Crippen MR) is 136 cm³/mol. The minimum Gasteiger partial charge on any atom is -0.505 e. The summed E-state index contributed by atoms with van der Waals surface area (Å²) in [5, 5.41) is 28.4. The summed E-state index contributed by atoms with van der Waals surface area (Å²) < 4.78 is 9.68. The van der Waals surface area contributed by atoms with Crippen molar-refractivity contribution in [1.82, 2.24) is 0 Å². The predicted octanol–water partition coefficient (Wildman–Crippen LogP) is 5.74. The Morgan fingerprint density at radius 3 is 2.14 bits per heavy atom. The highest BCUT2D eigenvalue weighted by Gasteiger charge is 2.41. The second-order valence-corrected chi connectivity index (χ2v) is 10.7. The molecule has 1 aliphatic heterocycles. The summed E-state index contributed by atoms with van der Waals surface area (Å²) in [6.45, 7) is 10.7. The number of hydrogen-bond donors (Lipinski definition) is 3. The van der Waals surface area contributed by atoms with Crippen molar-refractivity contribution in [2.24, 2.45) is 17.8 Å². The summed E-state index contributed by atoms with van der Waals surface area (Å²) in [6, 6.07) is 0. The van der Waals surface area contributed by atoms with Gasteiger partial charge in [0.05, 0.1) is 6.61 Å². The number of aliphatic hydroxyl groups is 3. The van der Waals surface area contributed by atoms with Gasteiger partial charge in [-0.15, -0.1) is 0 Å². The molecular formula is C28H48O7. The van der Waals surface area contributed by atoms with Gasteiger partial charge in [-0.3, -0.25) is 4.79 Å². The van der Waals surface area contributed by atoms with Gasteiger partial charge in [0, 0.05) is 6.42 Å². The van der Waals surface area contributed by atoms with Crippen molar-refractivity contribution in [3.8, 4) is 0 Å². The average molecular weight is 497 g/mol. The van der Waals surface area contributed by atoms with Crippen LogP contribution in [0.2, 0.25) is 0 Å². The molecule has 0 saturated heterocycles. The van der Waals surface area contributed by atoms with E-state index in [9.17, 15) is 19.8 Å². The number of rotatable bonds is 18. The highest BCUT2D eigenvalue weighted by atomic mass is 16.6. The van der Waals surface area contributed by atoms with E-state index >= 15 is 0 Å². The lowest BCUT2D eigenvalue weighted by molar-refractivity contribution is -0.153. The molecule has 4 atom stereocenters. The summed E-state index contributed by atoms with van der Waals surface area (Å²) >= 11 is 0. The van der Waals surface area contributed by atoms with E-state index in [0.717, 1.165) is 30.6 Å². The fourth-order valence-electron chi connectivity index (χ4n) is 4.32. The Labute approximate surface area is 211 Å². The molecule has 0 spiro atoms. The van der Waals surface area contributed by atoms with Crippen molar-refractivity contribution in [3.05, 3.63) is 23.2 Å². The standard InChI is InChI=1S/C28H48O7/c1-19(2)10-6-11-20(3)12-7-13-21(4)14-8-15-22(5)16-9-17-24(31)34-27-25(32)26(23(30)18-29)35-28(27)33/h16,19-21,23,26,29-30,32H,6-15,17-18H2,1-5H3/t20?,21?,23-,26+/m0/s1. The van der Waals surface area contributed by atoms with Crippen molar-refractivity contribution >= 4 is 11.9 Å². The first-order valence-corrected chi connectivity index (χ1v) is 13.3. The quantitative estimate of drug-likeness (QED) is 0.164. The van der Waals surface area contributed by atoms with Gasteiger partial charge in [0.1, 0.15) is 6.10 Å². The van der Waals surface area contributed by atoms with Crippen LogP contribution in [-0.2, 0) is 19.1 Å². The van der Waals surface area contributed by atoms with Crippen LogP contribution in [-0.4, -0.2) is 46.1 Å². The lowest BCUT2D eigenvalue weighted by Crippen LogP contribution is -2.31. The van der Waals surface area contributed by atoms with Gasteiger partial charge in [0.15, 0.2) is 11.9 Å². The summed E-state index contributed by atoms with van der Waals surface area (Å²) in [6.07, 6.45) is 10.9. The van der Waals surface area contributed by atoms with E-state index in [4.69, 9.17) is 14.6 Å². The summed E-state index contributed by atoms with van der Waals surface area (Å²) in [4.78, 5) is 23.8. The second kappa shape index (κ2) is 16.7. The molecule has 3 N–H and O–H groups in total. The van der Waals surface area contributed by atoms with Gasteiger partial charge >= 0.3 is 11.9 Å². The molecule has 0 aromatic rings. The number of ether oxygens (including phenoxy) is 2. The van der Waals surface area contributed by atoms with Crippen molar-refractivity contribution in [1.29, 1.82) is 0 Å². The van der Waals surface area contributed by atoms with Crippen molar-refractivity contribution in [2.75, 3.05) is 6.61 Å². The van der Waals surface area contributed by atoms with Crippen LogP contribution in [0.4, 0.5) is 0 Å². The summed E-state index contributed by atoms with van der Waals surface area (Å²) in [5.74, 6) is -0.640. The van der Waals surface area contributed by atoms with Gasteiger partial charge in [0.25, 0.3) is 5.76 Å². The Kier molecular flexibility index (Phi) is 14.9. The summed E-state index contributed by atoms with van der Waals surface area (Å²) in [5.41, 5.74) is 1.22. The number of hydrogen-bond acceptors (Lipinski definition) is 7. The van der Waals surface area contributed by atoms with Crippen LogP contribution in [0.5, 0.6) is 0 Å². The Balaban J connectivity index is 2.22. The van der Waals surface area contributed by atoms with E-state index in [1.165, 1.54) is 50.5 Å². The Morgan fingerprint density at radius 2 is 1.57 bits per heavy atom. The van der Waals surface area contributed by atoms with Crippen molar-refractivity contribution < 1.29 is 34.4 Å². The SMILES string of the molecule is CC(=CCCC(=O)OC1=C(O)[C@@H]([C@@H](O)CO)OC1=O)CCCC(C)CCCC(C)CCCC(C)C. The highest BCUT2D eigenvalue weighted by molar-refractivity contribution is 5.92. The van der Waals surface area contributed by atoms with Crippen LogP contribution in [0.25, 0.3) is 0 Å². The molecule has 2 unspecified atom stereocenters. The minimum absolute atomic E-state index is 0.0559. The lowest BCUT2D eigenvalue weighted by atomic mass is 9.91. The number of carbonyl (C=O) groups excluding carboxylic acids is 2. The molecule has 1 heterocycles. The third kappa shape index (κ3) is 12.6. The van der Waals surface area contributed by atoms with E-state index in [1.54, 1.807) is 0 Å². The maximum atomic E-state index is 12.0. The molecule has 35 heavy (non-hydrogen) atoms. The van der Waals surface area contributed by atoms with Gasteiger partial charge in [-0.25, -0.2) is 4.79 Å². The molecule has 7 nitrogen and oxygen atoms in total. The average Bonchev–Trinajstić information content (AvgIpc) is 3.06. The van der Waals surface area contributed by atoms with E-state index in [-0.39, 0.29) is 6.42 Å². The minimum atomic E-state index is -1.48. The van der Waals surface area contributed by atoms with Gasteiger partial charge in [0.2, 0.25) is 0 Å². The summed E-state index contributed by atoms with van der Waals surface area (Å²) in [7, 11) is 0. The lowest BCUT2D eigenvalue weighted by Gasteiger charge is -2.15. The Hall–Kier alpha value is -1.86. The largest absolute Gasteiger partial charge is 0.505 e. The zero-order chi connectivity index (χ0) is 26.4. The van der Waals surface area contributed by atoms with E-state index in [0.29, 0.717) is 6.42 Å². The zero-order valence-corrected chi connectivity index (χ0v) is 22.4. The van der Waals surface area contributed by atoms with Crippen LogP contribution < -0.4 is 0 Å². The third-order valence-corrected chi connectivity index (χ3v) is 6.66. The highest BCUT2D eigenvalue weighted by Crippen LogP contribution is 2.25. The topological polar surface area (TPSA) is 113 Å². The Morgan fingerprint density at radius 1 is 1.00 bits per heavy atom. The smallest absolute Gasteiger partial charge is 0.378 e. The van der Waals surface area contributed by atoms with Crippen LogP contribution in [0.3, 0.4) is 0 Å². The molecule has 0 aromatic heterocycles. The molecule has 0 saturated carbocycles. The molecule has 0 amide bonds. The Bertz CT molecular complexity index is 710. The first kappa shape index (κ1) is 31.2. The number of allylic oxidation sites excluding steroid dienone is 2. The molecule has 0 aromatic carbocycles. The number of aliphatic hydroxyl groups excluding tert-OH is 3. The van der Waals surface area contributed by atoms with E-state index < -0.39 is 42.3 Å². The van der Waals surface area contributed by atoms with Crippen LogP contribution in [0, 0.1) is 17.8 Å². The molecule has 0 bridgehead atoms. The van der Waals surface area contributed by atoms with Gasteiger partial charge in [-0.05, 0) is 43.9 Å². The van der Waals surface area contributed by atoms with Crippen LogP contribution in [0.15, 0.2) is 23.2 Å². The van der Waals surface area contributed by atoms with Gasteiger partial charge in [-0.2, -0.15) is 0 Å². The van der Waals surface area contributed by atoms with Crippen molar-refractivity contribution in [3.63, 3.8) is 0 Å². The van der Waals surface area contributed by atoms with E-state index in [1.807, 2.05) is 6.08 Å². The molecular weight excluding hydrogens is 448 g/mol. The van der Waals surface area contributed by atoms with Crippen LogP contribution in [0.1, 0.15) is 105 Å². The maximum Gasteiger partial charge on any atom is 0.378 e.